The predicted octanol–water partition coefficient (Wildman–Crippen LogP) is -1.04. The summed E-state index contributed by atoms with van der Waals surface area (Å²) >= 11 is 0. The van der Waals surface area contributed by atoms with Gasteiger partial charge in [-0.05, 0) is 0 Å². The van der Waals surface area contributed by atoms with Crippen molar-refractivity contribution in [2.45, 2.75) is 6.42 Å². The summed E-state index contributed by atoms with van der Waals surface area (Å²) in [5.74, 6) is 0. The second-order valence-corrected chi connectivity index (χ2v) is 0.953. The Kier molecular flexibility index (Phi) is 13.7. The van der Waals surface area contributed by atoms with E-state index in [1.165, 1.54) is 0 Å². The summed E-state index contributed by atoms with van der Waals surface area (Å²) in [6, 6.07) is 0. The molecule has 0 rings (SSSR count). The Balaban J connectivity index is 0. The first-order valence-corrected chi connectivity index (χ1v) is 1.98. The normalized spacial score (nSPS) is 8.14. The van der Waals surface area contributed by atoms with Crippen LogP contribution in [-0.4, -0.2) is 0 Å². The molecule has 0 unspecified atom stereocenters. The Morgan fingerprint density at radius 2 is 2.14 bits per heavy atom. The molecule has 1 heteroatoms. The van der Waals surface area contributed by atoms with Gasteiger partial charge >= 0.3 is 18.9 Å². The van der Waals surface area contributed by atoms with Crippen molar-refractivity contribution in [3.63, 3.8) is 0 Å². The van der Waals surface area contributed by atoms with E-state index >= 15 is 0 Å². The van der Waals surface area contributed by atoms with Crippen LogP contribution in [0, 0.1) is 6.92 Å². The minimum Gasteiger partial charge on any atom is -0.340 e. The van der Waals surface area contributed by atoms with E-state index in [2.05, 4.69) is 13.5 Å². The van der Waals surface area contributed by atoms with E-state index in [9.17, 15) is 0 Å². The average molecular weight is 88.1 g/mol. The summed E-state index contributed by atoms with van der Waals surface area (Å²) < 4.78 is 0. The molecule has 7 heavy (non-hydrogen) atoms. The zero-order valence-electron chi connectivity index (χ0n) is 4.85. The van der Waals surface area contributed by atoms with Crippen LogP contribution in [0.4, 0.5) is 0 Å². The van der Waals surface area contributed by atoms with Crippen LogP contribution in [0.1, 0.15) is 6.42 Å². The minimum absolute atomic E-state index is 0. The van der Waals surface area contributed by atoms with E-state index in [4.69, 9.17) is 0 Å². The van der Waals surface area contributed by atoms with E-state index < -0.39 is 0 Å². The molecule has 0 bridgehead atoms. The van der Waals surface area contributed by atoms with Gasteiger partial charge in [0, 0.05) is 0 Å². The van der Waals surface area contributed by atoms with Gasteiger partial charge in [0.25, 0.3) is 0 Å². The number of rotatable bonds is 2. The Morgan fingerprint density at radius 1 is 1.57 bits per heavy atom. The zero-order valence-corrected chi connectivity index (χ0v) is 4.85. The summed E-state index contributed by atoms with van der Waals surface area (Å²) in [5, 5.41) is 0. The Hall–Kier alpha value is 0.0774. The second-order valence-electron chi connectivity index (χ2n) is 0.953. The van der Waals surface area contributed by atoms with Crippen LogP contribution >= 0.6 is 0 Å². The van der Waals surface area contributed by atoms with Crippen LogP contribution in [0.2, 0.25) is 0 Å². The molecule has 0 aliphatic heterocycles. The maximum atomic E-state index is 3.59. The van der Waals surface area contributed by atoms with Gasteiger partial charge in [0.1, 0.15) is 0 Å². The molecule has 34 valence electrons. The van der Waals surface area contributed by atoms with Gasteiger partial charge in [-0.2, -0.15) is 6.42 Å². The van der Waals surface area contributed by atoms with Crippen LogP contribution in [-0.2, 0) is 0 Å². The van der Waals surface area contributed by atoms with Crippen LogP contribution in [0.25, 0.3) is 0 Å². The van der Waals surface area contributed by atoms with E-state index in [0.29, 0.717) is 0 Å². The molecule has 0 aliphatic carbocycles. The fourth-order valence-electron chi connectivity index (χ4n) is 0.192. The Morgan fingerprint density at radius 3 is 2.29 bits per heavy atom. The van der Waals surface area contributed by atoms with E-state index in [1.54, 1.807) is 6.08 Å². The number of hydrogen-bond donors (Lipinski definition) is 0. The summed E-state index contributed by atoms with van der Waals surface area (Å²) in [7, 11) is 0. The predicted molar refractivity (Wildman–Crippen MR) is 29.3 cm³/mol. The molecule has 0 heterocycles. The van der Waals surface area contributed by atoms with Crippen molar-refractivity contribution in [2.75, 3.05) is 0 Å². The van der Waals surface area contributed by atoms with Crippen molar-refractivity contribution in [1.82, 2.24) is 0 Å². The SMILES string of the molecule is C=CC=CC[CH2-].[Li+]. The number of allylic oxidation sites excluding steroid dienone is 3. The first kappa shape index (κ1) is 10.1. The summed E-state index contributed by atoms with van der Waals surface area (Å²) in [6.45, 7) is 7.07. The second kappa shape index (κ2) is 9.42. The van der Waals surface area contributed by atoms with Crippen molar-refractivity contribution in [2.24, 2.45) is 0 Å². The van der Waals surface area contributed by atoms with E-state index in [0.717, 1.165) is 6.42 Å². The molecular formula is C6H9Li. The molecule has 0 aromatic heterocycles. The van der Waals surface area contributed by atoms with Gasteiger partial charge in [-0.15, -0.1) is 6.08 Å². The van der Waals surface area contributed by atoms with Gasteiger partial charge in [-0.3, -0.25) is 0 Å². The van der Waals surface area contributed by atoms with Gasteiger partial charge < -0.3 is 6.92 Å². The molecule has 0 aromatic rings. The third-order valence-electron chi connectivity index (χ3n) is 0.439. The summed E-state index contributed by atoms with van der Waals surface area (Å²) in [6.07, 6.45) is 6.43. The molecule has 0 saturated heterocycles. The van der Waals surface area contributed by atoms with E-state index in [1.807, 2.05) is 12.2 Å². The monoisotopic (exact) mass is 88.1 g/mol. The standard InChI is InChI=1S/C6H9.Li/c1-3-5-6-4-2;/h3,5-6H,1-2,4H2;/q-1;+1. The average Bonchev–Trinajstić information content (AvgIpc) is 1.61. The molecule has 0 amide bonds. The van der Waals surface area contributed by atoms with Crippen molar-refractivity contribution in [3.05, 3.63) is 31.7 Å². The van der Waals surface area contributed by atoms with Crippen LogP contribution in [0.15, 0.2) is 24.8 Å². The van der Waals surface area contributed by atoms with Gasteiger partial charge in [-0.1, -0.05) is 18.7 Å². The smallest absolute Gasteiger partial charge is 0.340 e. The molecule has 0 spiro atoms. The largest absolute Gasteiger partial charge is 1.00 e. The molecule has 0 saturated carbocycles. The topological polar surface area (TPSA) is 0 Å². The summed E-state index contributed by atoms with van der Waals surface area (Å²) in [4.78, 5) is 0. The molecule has 0 atom stereocenters. The molecule has 0 aromatic carbocycles. The molecule has 0 fully saturated rings. The van der Waals surface area contributed by atoms with Crippen LogP contribution in [0.3, 0.4) is 0 Å². The molecule has 0 aliphatic rings. The third kappa shape index (κ3) is 10.7. The number of hydrogen-bond acceptors (Lipinski definition) is 0. The maximum Gasteiger partial charge on any atom is 1.00 e. The fraction of sp³-hybridized carbons (Fsp3) is 0.167. The van der Waals surface area contributed by atoms with Gasteiger partial charge in [0.05, 0.1) is 0 Å². The Labute approximate surface area is 57.5 Å². The van der Waals surface area contributed by atoms with Gasteiger partial charge in [0.15, 0.2) is 0 Å². The van der Waals surface area contributed by atoms with Crippen molar-refractivity contribution < 1.29 is 18.9 Å². The zero-order chi connectivity index (χ0) is 4.83. The van der Waals surface area contributed by atoms with Crippen LogP contribution in [0.5, 0.6) is 0 Å². The summed E-state index contributed by atoms with van der Waals surface area (Å²) in [5.41, 5.74) is 0. The molecular weight excluding hydrogens is 79.0 g/mol. The van der Waals surface area contributed by atoms with Crippen LogP contribution < -0.4 is 18.9 Å². The molecule has 0 N–H and O–H groups in total. The Bertz CT molecular complexity index is 55.2. The quantitative estimate of drug-likeness (QED) is 0.230. The van der Waals surface area contributed by atoms with Crippen molar-refractivity contribution in [1.29, 1.82) is 0 Å². The first-order chi connectivity index (χ1) is 2.91. The minimum atomic E-state index is 0. The molecule has 0 nitrogen and oxygen atoms in total. The fourth-order valence-corrected chi connectivity index (χ4v) is 0.192. The molecule has 0 radical (unpaired) electrons. The van der Waals surface area contributed by atoms with Crippen molar-refractivity contribution in [3.8, 4) is 0 Å². The maximum absolute atomic E-state index is 3.59. The first-order valence-electron chi connectivity index (χ1n) is 1.98. The van der Waals surface area contributed by atoms with E-state index in [-0.39, 0.29) is 18.9 Å². The third-order valence-corrected chi connectivity index (χ3v) is 0.439. The van der Waals surface area contributed by atoms with Crippen molar-refractivity contribution >= 4 is 0 Å². The van der Waals surface area contributed by atoms with Gasteiger partial charge in [0.2, 0.25) is 0 Å². The van der Waals surface area contributed by atoms with Gasteiger partial charge in [-0.25, -0.2) is 0 Å².